The third-order valence-corrected chi connectivity index (χ3v) is 6.19. The van der Waals surface area contributed by atoms with Crippen LogP contribution in [0.25, 0.3) is 17.1 Å². The van der Waals surface area contributed by atoms with Gasteiger partial charge in [-0.15, -0.1) is 10.2 Å². The van der Waals surface area contributed by atoms with E-state index >= 15 is 0 Å². The van der Waals surface area contributed by atoms with E-state index in [-0.39, 0.29) is 11.4 Å². The number of hydrogen-bond acceptors (Lipinski definition) is 4. The summed E-state index contributed by atoms with van der Waals surface area (Å²) in [7, 11) is 0. The molecule has 1 amide bonds. The van der Waals surface area contributed by atoms with E-state index in [0.717, 1.165) is 39.6 Å². The number of anilines is 1. The minimum Gasteiger partial charge on any atom is -0.325 e. The third-order valence-electron chi connectivity index (χ3n) is 4.57. The number of nitrogens with zero attached hydrogens (tertiary/aromatic N) is 3. The van der Waals surface area contributed by atoms with Gasteiger partial charge in [-0.2, -0.15) is 13.2 Å². The number of aromatic nitrogens is 3. The van der Waals surface area contributed by atoms with Crippen LogP contribution < -0.4 is 5.32 Å². The number of para-hydroxylation sites is 1. The van der Waals surface area contributed by atoms with Crippen LogP contribution in [-0.2, 0) is 11.0 Å². The molecular weight excluding hydrogens is 517 g/mol. The summed E-state index contributed by atoms with van der Waals surface area (Å²) in [6.07, 6.45) is -4.48. The van der Waals surface area contributed by atoms with Crippen molar-refractivity contribution in [3.05, 3.63) is 88.9 Å². The summed E-state index contributed by atoms with van der Waals surface area (Å²) in [5.41, 5.74) is 0.895. The molecule has 0 unspecified atom stereocenters. The highest BCUT2D eigenvalue weighted by molar-refractivity contribution is 9.10. The Hall–Kier alpha value is -3.11. The van der Waals surface area contributed by atoms with Gasteiger partial charge in [-0.3, -0.25) is 9.36 Å². The Morgan fingerprint density at radius 1 is 0.970 bits per heavy atom. The molecular formula is C23H16BrF3N4OS. The summed E-state index contributed by atoms with van der Waals surface area (Å²) in [6, 6.07) is 21.6. The van der Waals surface area contributed by atoms with Gasteiger partial charge in [0.2, 0.25) is 5.91 Å². The fraction of sp³-hybridized carbons (Fsp3) is 0.0870. The topological polar surface area (TPSA) is 59.8 Å². The molecule has 0 atom stereocenters. The maximum Gasteiger partial charge on any atom is 0.416 e. The molecule has 168 valence electrons. The van der Waals surface area contributed by atoms with Crippen LogP contribution in [0.5, 0.6) is 0 Å². The standard InChI is InChI=1S/C23H16BrF3N4OS/c24-19-12-5-4-11-18(19)21-29-30-22(31(21)17-9-2-1-3-10-17)33-14-20(32)28-16-8-6-7-15(13-16)23(25,26)27/h1-13H,14H2,(H,28,32). The number of carbonyl (C=O) groups excluding carboxylic acids is 1. The number of amides is 1. The maximum atomic E-state index is 12.9. The van der Waals surface area contributed by atoms with Crippen molar-refractivity contribution in [2.75, 3.05) is 11.1 Å². The van der Waals surface area contributed by atoms with Crippen molar-refractivity contribution in [2.45, 2.75) is 11.3 Å². The quantitative estimate of drug-likeness (QED) is 0.290. The molecule has 0 saturated heterocycles. The number of hydrogen-bond donors (Lipinski definition) is 1. The monoisotopic (exact) mass is 532 g/mol. The van der Waals surface area contributed by atoms with Gasteiger partial charge in [-0.05, 0) is 36.4 Å². The molecule has 4 aromatic rings. The first-order valence-electron chi connectivity index (χ1n) is 9.68. The van der Waals surface area contributed by atoms with Crippen LogP contribution in [0.2, 0.25) is 0 Å². The number of nitrogens with one attached hydrogen (secondary N) is 1. The Morgan fingerprint density at radius 3 is 2.42 bits per heavy atom. The summed E-state index contributed by atoms with van der Waals surface area (Å²) in [6.45, 7) is 0. The molecule has 0 radical (unpaired) electrons. The first-order valence-corrected chi connectivity index (χ1v) is 11.5. The summed E-state index contributed by atoms with van der Waals surface area (Å²) in [4.78, 5) is 12.4. The van der Waals surface area contributed by atoms with Crippen LogP contribution >= 0.6 is 27.7 Å². The molecule has 3 aromatic carbocycles. The van der Waals surface area contributed by atoms with E-state index in [1.165, 1.54) is 12.1 Å². The van der Waals surface area contributed by atoms with Crippen molar-refractivity contribution >= 4 is 39.3 Å². The lowest BCUT2D eigenvalue weighted by Gasteiger charge is -2.12. The largest absolute Gasteiger partial charge is 0.416 e. The van der Waals surface area contributed by atoms with E-state index in [0.29, 0.717) is 11.0 Å². The summed E-state index contributed by atoms with van der Waals surface area (Å²) in [5.74, 6) is 0.0795. The van der Waals surface area contributed by atoms with Gasteiger partial charge in [0.15, 0.2) is 11.0 Å². The van der Waals surface area contributed by atoms with Crippen LogP contribution in [0.4, 0.5) is 18.9 Å². The molecule has 0 aliphatic carbocycles. The van der Waals surface area contributed by atoms with Gasteiger partial charge < -0.3 is 5.32 Å². The van der Waals surface area contributed by atoms with Gasteiger partial charge in [0.25, 0.3) is 0 Å². The molecule has 10 heteroatoms. The fourth-order valence-electron chi connectivity index (χ4n) is 3.09. The number of benzene rings is 3. The van der Waals surface area contributed by atoms with Gasteiger partial charge in [-0.1, -0.05) is 70.2 Å². The SMILES string of the molecule is O=C(CSc1nnc(-c2ccccc2Br)n1-c1ccccc1)Nc1cccc(C(F)(F)F)c1. The van der Waals surface area contributed by atoms with Gasteiger partial charge in [0, 0.05) is 21.4 Å². The van der Waals surface area contributed by atoms with Crippen molar-refractivity contribution in [3.8, 4) is 17.1 Å². The molecule has 1 heterocycles. The van der Waals surface area contributed by atoms with E-state index in [9.17, 15) is 18.0 Å². The predicted octanol–water partition coefficient (Wildman–Crippen LogP) is 6.45. The van der Waals surface area contributed by atoms with E-state index in [2.05, 4.69) is 31.4 Å². The predicted molar refractivity (Wildman–Crippen MR) is 125 cm³/mol. The highest BCUT2D eigenvalue weighted by Crippen LogP contribution is 2.33. The van der Waals surface area contributed by atoms with Crippen LogP contribution in [0.3, 0.4) is 0 Å². The van der Waals surface area contributed by atoms with Gasteiger partial charge in [0.1, 0.15) is 0 Å². The Labute approximate surface area is 200 Å². The number of alkyl halides is 3. The average Bonchev–Trinajstić information content (AvgIpc) is 3.22. The molecule has 1 aromatic heterocycles. The zero-order chi connectivity index (χ0) is 23.4. The number of thioether (sulfide) groups is 1. The van der Waals surface area contributed by atoms with Crippen LogP contribution in [-0.4, -0.2) is 26.4 Å². The van der Waals surface area contributed by atoms with Gasteiger partial charge >= 0.3 is 6.18 Å². The Bertz CT molecular complexity index is 1280. The van der Waals surface area contributed by atoms with E-state index < -0.39 is 17.6 Å². The molecule has 1 N–H and O–H groups in total. The molecule has 0 bridgehead atoms. The summed E-state index contributed by atoms with van der Waals surface area (Å²) >= 11 is 4.68. The lowest BCUT2D eigenvalue weighted by molar-refractivity contribution is -0.137. The smallest absolute Gasteiger partial charge is 0.325 e. The van der Waals surface area contributed by atoms with Crippen LogP contribution in [0.1, 0.15) is 5.56 Å². The molecule has 0 aliphatic rings. The molecule has 0 spiro atoms. The molecule has 0 fully saturated rings. The van der Waals surface area contributed by atoms with Gasteiger partial charge in [0.05, 0.1) is 11.3 Å². The second kappa shape index (κ2) is 9.80. The lowest BCUT2D eigenvalue weighted by atomic mass is 10.2. The first kappa shape index (κ1) is 23.1. The number of carbonyl (C=O) groups is 1. The molecule has 5 nitrogen and oxygen atoms in total. The summed E-state index contributed by atoms with van der Waals surface area (Å²) in [5, 5.41) is 11.6. The normalized spacial score (nSPS) is 11.4. The molecule has 0 saturated carbocycles. The van der Waals surface area contributed by atoms with Gasteiger partial charge in [-0.25, -0.2) is 0 Å². The van der Waals surface area contributed by atoms with Crippen molar-refractivity contribution in [3.63, 3.8) is 0 Å². The minimum absolute atomic E-state index is 0.0584. The zero-order valence-electron chi connectivity index (χ0n) is 16.9. The van der Waals surface area contributed by atoms with Crippen LogP contribution in [0.15, 0.2) is 88.5 Å². The minimum atomic E-state index is -4.48. The molecule has 33 heavy (non-hydrogen) atoms. The Morgan fingerprint density at radius 2 is 1.70 bits per heavy atom. The number of halogens is 4. The summed E-state index contributed by atoms with van der Waals surface area (Å²) < 4.78 is 41.4. The third kappa shape index (κ3) is 5.45. The van der Waals surface area contributed by atoms with Crippen molar-refractivity contribution in [1.29, 1.82) is 0 Å². The fourth-order valence-corrected chi connectivity index (χ4v) is 4.30. The second-order valence-corrected chi connectivity index (χ2v) is 8.67. The molecule has 4 rings (SSSR count). The Kier molecular flexibility index (Phi) is 6.85. The van der Waals surface area contributed by atoms with E-state index in [4.69, 9.17) is 0 Å². The Balaban J connectivity index is 1.57. The zero-order valence-corrected chi connectivity index (χ0v) is 19.3. The van der Waals surface area contributed by atoms with E-state index in [1.54, 1.807) is 0 Å². The van der Waals surface area contributed by atoms with Crippen molar-refractivity contribution in [2.24, 2.45) is 0 Å². The molecule has 0 aliphatic heterocycles. The van der Waals surface area contributed by atoms with Crippen molar-refractivity contribution in [1.82, 2.24) is 14.8 Å². The maximum absolute atomic E-state index is 12.9. The lowest BCUT2D eigenvalue weighted by Crippen LogP contribution is -2.15. The average molecular weight is 533 g/mol. The first-order chi connectivity index (χ1) is 15.8. The second-order valence-electron chi connectivity index (χ2n) is 6.87. The van der Waals surface area contributed by atoms with E-state index in [1.807, 2.05) is 59.2 Å². The van der Waals surface area contributed by atoms with Crippen LogP contribution in [0, 0.1) is 0 Å². The highest BCUT2D eigenvalue weighted by Gasteiger charge is 2.30. The highest BCUT2D eigenvalue weighted by atomic mass is 79.9. The number of rotatable bonds is 6. The van der Waals surface area contributed by atoms with Crippen molar-refractivity contribution < 1.29 is 18.0 Å².